The van der Waals surface area contributed by atoms with Crippen LogP contribution in [0.5, 0.6) is 0 Å². The fraction of sp³-hybridized carbons (Fsp3) is 0.533. The van der Waals surface area contributed by atoms with Gasteiger partial charge in [-0.05, 0) is 31.4 Å². The van der Waals surface area contributed by atoms with Crippen molar-refractivity contribution in [2.24, 2.45) is 0 Å². The maximum atomic E-state index is 11.6. The number of nitro benzene ring substituents is 1. The molecule has 0 spiro atoms. The van der Waals surface area contributed by atoms with Gasteiger partial charge in [0, 0.05) is 12.1 Å². The van der Waals surface area contributed by atoms with Crippen molar-refractivity contribution in [3.8, 4) is 0 Å². The minimum Gasteiger partial charge on any atom is -0.465 e. The summed E-state index contributed by atoms with van der Waals surface area (Å²) in [6.45, 7) is 1.75. The highest BCUT2D eigenvalue weighted by Crippen LogP contribution is 2.31. The number of carbonyl (C=O) groups excluding carboxylic acids is 1. The molecule has 1 fully saturated rings. The number of hydrogen-bond donors (Lipinski definition) is 1. The molecule has 1 aromatic rings. The maximum Gasteiger partial charge on any atom is 0.338 e. The fourth-order valence-corrected chi connectivity index (χ4v) is 2.76. The number of esters is 1. The van der Waals surface area contributed by atoms with Gasteiger partial charge in [0.2, 0.25) is 0 Å². The molecule has 0 heterocycles. The molecule has 6 heteroatoms. The van der Waals surface area contributed by atoms with Crippen LogP contribution in [-0.2, 0) is 4.74 Å². The van der Waals surface area contributed by atoms with E-state index < -0.39 is 10.9 Å². The van der Waals surface area contributed by atoms with Gasteiger partial charge in [-0.2, -0.15) is 0 Å². The fourth-order valence-electron chi connectivity index (χ4n) is 2.76. The molecule has 1 saturated carbocycles. The van der Waals surface area contributed by atoms with Crippen LogP contribution in [0.3, 0.4) is 0 Å². The first kappa shape index (κ1) is 15.3. The number of nitro groups is 1. The van der Waals surface area contributed by atoms with Crippen molar-refractivity contribution in [2.45, 2.75) is 45.1 Å². The molecule has 0 bridgehead atoms. The number of rotatable bonds is 4. The zero-order valence-corrected chi connectivity index (χ0v) is 12.3. The summed E-state index contributed by atoms with van der Waals surface area (Å²) in [5, 5.41) is 14.5. The molecule has 0 saturated heterocycles. The van der Waals surface area contributed by atoms with E-state index in [9.17, 15) is 14.9 Å². The van der Waals surface area contributed by atoms with Crippen LogP contribution in [-0.4, -0.2) is 24.0 Å². The highest BCUT2D eigenvalue weighted by atomic mass is 16.6. The summed E-state index contributed by atoms with van der Waals surface area (Å²) in [7, 11) is 1.27. The van der Waals surface area contributed by atoms with Crippen LogP contribution in [0.15, 0.2) is 12.1 Å². The van der Waals surface area contributed by atoms with E-state index in [2.05, 4.69) is 10.1 Å². The highest BCUT2D eigenvalue weighted by molar-refractivity contribution is 5.93. The van der Waals surface area contributed by atoms with Crippen molar-refractivity contribution in [1.82, 2.24) is 0 Å². The second kappa shape index (κ2) is 6.56. The van der Waals surface area contributed by atoms with Crippen molar-refractivity contribution in [2.75, 3.05) is 12.4 Å². The predicted octanol–water partition coefficient (Wildman–Crippen LogP) is 3.43. The first-order valence-electron chi connectivity index (χ1n) is 7.17. The number of nitrogens with zero attached hydrogens (tertiary/aromatic N) is 1. The van der Waals surface area contributed by atoms with Gasteiger partial charge >= 0.3 is 5.97 Å². The Hall–Kier alpha value is -2.11. The third-order valence-corrected chi connectivity index (χ3v) is 3.91. The molecule has 0 radical (unpaired) electrons. The molecule has 1 N–H and O–H groups in total. The lowest BCUT2D eigenvalue weighted by atomic mass is 9.95. The monoisotopic (exact) mass is 292 g/mol. The minimum atomic E-state index is -0.556. The van der Waals surface area contributed by atoms with E-state index in [1.165, 1.54) is 19.6 Å². The summed E-state index contributed by atoms with van der Waals surface area (Å²) >= 11 is 0. The van der Waals surface area contributed by atoms with Gasteiger partial charge in [-0.3, -0.25) is 10.1 Å². The van der Waals surface area contributed by atoms with Gasteiger partial charge in [0.05, 0.1) is 17.6 Å². The third-order valence-electron chi connectivity index (χ3n) is 3.91. The van der Waals surface area contributed by atoms with Crippen LogP contribution in [0.25, 0.3) is 0 Å². The molecule has 2 rings (SSSR count). The van der Waals surface area contributed by atoms with Gasteiger partial charge in [-0.15, -0.1) is 0 Å². The molecule has 0 atom stereocenters. The Bertz CT molecular complexity index is 551. The Kier molecular flexibility index (Phi) is 4.77. The minimum absolute atomic E-state index is 0.0772. The van der Waals surface area contributed by atoms with Gasteiger partial charge in [0.15, 0.2) is 0 Å². The largest absolute Gasteiger partial charge is 0.465 e. The number of nitrogens with one attached hydrogen (secondary N) is 1. The molecule has 0 unspecified atom stereocenters. The molecular formula is C15H20N2O4. The second-order valence-electron chi connectivity index (χ2n) is 5.41. The molecular weight excluding hydrogens is 272 g/mol. The zero-order valence-electron chi connectivity index (χ0n) is 12.3. The molecule has 1 aliphatic rings. The van der Waals surface area contributed by atoms with Gasteiger partial charge in [0.25, 0.3) is 5.69 Å². The van der Waals surface area contributed by atoms with E-state index in [0.29, 0.717) is 11.3 Å². The summed E-state index contributed by atoms with van der Waals surface area (Å²) in [6.07, 6.45) is 5.56. The maximum absolute atomic E-state index is 11.6. The van der Waals surface area contributed by atoms with E-state index in [4.69, 9.17) is 0 Å². The van der Waals surface area contributed by atoms with Gasteiger partial charge in [-0.25, -0.2) is 4.79 Å². The molecule has 114 valence electrons. The first-order valence-corrected chi connectivity index (χ1v) is 7.17. The molecule has 1 aromatic carbocycles. The Balaban J connectivity index is 2.33. The van der Waals surface area contributed by atoms with E-state index in [0.717, 1.165) is 25.7 Å². The lowest BCUT2D eigenvalue weighted by molar-refractivity contribution is -0.384. The number of anilines is 1. The van der Waals surface area contributed by atoms with E-state index >= 15 is 0 Å². The number of aryl methyl sites for hydroxylation is 1. The molecule has 0 amide bonds. The average molecular weight is 292 g/mol. The Morgan fingerprint density at radius 1 is 1.33 bits per heavy atom. The van der Waals surface area contributed by atoms with Crippen LogP contribution in [0.1, 0.15) is 48.0 Å². The standard InChI is InChI=1S/C15H20N2O4/c1-10-8-13(16-11-6-4-3-5-7-11)14(17(19)20)9-12(10)15(18)21-2/h8-9,11,16H,3-7H2,1-2H3. The Morgan fingerprint density at radius 3 is 2.57 bits per heavy atom. The molecule has 1 aliphatic carbocycles. The van der Waals surface area contributed by atoms with Crippen LogP contribution in [0.4, 0.5) is 11.4 Å². The number of hydrogen-bond acceptors (Lipinski definition) is 5. The van der Waals surface area contributed by atoms with Crippen molar-refractivity contribution < 1.29 is 14.5 Å². The predicted molar refractivity (Wildman–Crippen MR) is 79.7 cm³/mol. The highest BCUT2D eigenvalue weighted by Gasteiger charge is 2.23. The van der Waals surface area contributed by atoms with Gasteiger partial charge < -0.3 is 10.1 Å². The number of benzene rings is 1. The number of carbonyl (C=O) groups is 1. The van der Waals surface area contributed by atoms with Crippen molar-refractivity contribution in [1.29, 1.82) is 0 Å². The quantitative estimate of drug-likeness (QED) is 0.522. The summed E-state index contributed by atoms with van der Waals surface area (Å²) in [6, 6.07) is 3.23. The summed E-state index contributed by atoms with van der Waals surface area (Å²) in [5.41, 5.74) is 1.31. The van der Waals surface area contributed by atoms with E-state index in [1.807, 2.05) is 0 Å². The van der Waals surface area contributed by atoms with Crippen LogP contribution < -0.4 is 5.32 Å². The summed E-state index contributed by atoms with van der Waals surface area (Å²) in [5.74, 6) is -0.556. The van der Waals surface area contributed by atoms with Crippen molar-refractivity contribution in [3.05, 3.63) is 33.4 Å². The first-order chi connectivity index (χ1) is 10.0. The van der Waals surface area contributed by atoms with Gasteiger partial charge in [0.1, 0.15) is 5.69 Å². The van der Waals surface area contributed by atoms with Gasteiger partial charge in [-0.1, -0.05) is 19.3 Å². The average Bonchev–Trinajstić information content (AvgIpc) is 2.47. The molecule has 0 aromatic heterocycles. The second-order valence-corrected chi connectivity index (χ2v) is 5.41. The van der Waals surface area contributed by atoms with Crippen LogP contribution in [0.2, 0.25) is 0 Å². The lowest BCUT2D eigenvalue weighted by Crippen LogP contribution is -2.23. The van der Waals surface area contributed by atoms with E-state index in [-0.39, 0.29) is 17.3 Å². The van der Waals surface area contributed by atoms with E-state index in [1.54, 1.807) is 13.0 Å². The molecule has 0 aliphatic heterocycles. The number of ether oxygens (including phenoxy) is 1. The molecule has 21 heavy (non-hydrogen) atoms. The number of methoxy groups -OCH3 is 1. The van der Waals surface area contributed by atoms with Crippen LogP contribution >= 0.6 is 0 Å². The smallest absolute Gasteiger partial charge is 0.338 e. The van der Waals surface area contributed by atoms with Crippen molar-refractivity contribution >= 4 is 17.3 Å². The lowest BCUT2D eigenvalue weighted by Gasteiger charge is -2.24. The SMILES string of the molecule is COC(=O)c1cc([N+](=O)[O-])c(NC2CCCCC2)cc1C. The molecule has 6 nitrogen and oxygen atoms in total. The van der Waals surface area contributed by atoms with Crippen molar-refractivity contribution in [3.63, 3.8) is 0 Å². The summed E-state index contributed by atoms with van der Waals surface area (Å²) < 4.78 is 4.66. The zero-order chi connectivity index (χ0) is 15.4. The van der Waals surface area contributed by atoms with Crippen LogP contribution in [0, 0.1) is 17.0 Å². The Morgan fingerprint density at radius 2 is 2.00 bits per heavy atom. The summed E-state index contributed by atoms with van der Waals surface area (Å²) in [4.78, 5) is 22.4. The topological polar surface area (TPSA) is 81.5 Å². The normalized spacial score (nSPS) is 15.5. The Labute approximate surface area is 123 Å². The third kappa shape index (κ3) is 3.51.